The van der Waals surface area contributed by atoms with Gasteiger partial charge in [0.1, 0.15) is 11.9 Å². The zero-order chi connectivity index (χ0) is 20.7. The van der Waals surface area contributed by atoms with Gasteiger partial charge in [0.05, 0.1) is 6.04 Å². The van der Waals surface area contributed by atoms with Crippen LogP contribution in [0, 0.1) is 23.6 Å². The molecule has 2 bridgehead atoms. The van der Waals surface area contributed by atoms with Crippen molar-refractivity contribution in [2.24, 2.45) is 17.8 Å². The van der Waals surface area contributed by atoms with Crippen molar-refractivity contribution in [1.29, 1.82) is 0 Å². The topological polar surface area (TPSA) is 41.6 Å². The van der Waals surface area contributed by atoms with Crippen LogP contribution in [0.1, 0.15) is 42.5 Å². The van der Waals surface area contributed by atoms with Crippen molar-refractivity contribution in [3.05, 3.63) is 71.0 Å². The summed E-state index contributed by atoms with van der Waals surface area (Å²) < 4.78 is 19.8. The zero-order valence-electron chi connectivity index (χ0n) is 17.4. The van der Waals surface area contributed by atoms with Gasteiger partial charge >= 0.3 is 6.09 Å². The van der Waals surface area contributed by atoms with Gasteiger partial charge in [0, 0.05) is 19.0 Å². The molecule has 2 aromatic rings. The Morgan fingerprint density at radius 3 is 2.73 bits per heavy atom. The number of carbonyl (C=O) groups is 1. The monoisotopic (exact) mass is 408 g/mol. The van der Waals surface area contributed by atoms with Gasteiger partial charge in [-0.2, -0.15) is 0 Å². The highest BCUT2D eigenvalue weighted by Crippen LogP contribution is 2.39. The fourth-order valence-electron chi connectivity index (χ4n) is 5.79. The van der Waals surface area contributed by atoms with Crippen molar-refractivity contribution in [2.75, 3.05) is 19.6 Å². The fraction of sp³-hybridized carbons (Fsp3) is 0.480. The van der Waals surface area contributed by atoms with Crippen molar-refractivity contribution in [2.45, 2.75) is 38.3 Å². The van der Waals surface area contributed by atoms with E-state index in [1.54, 1.807) is 12.1 Å². The third-order valence-electron chi connectivity index (χ3n) is 7.15. The lowest BCUT2D eigenvalue weighted by molar-refractivity contribution is -0.0399. The molecule has 2 aliphatic heterocycles. The summed E-state index contributed by atoms with van der Waals surface area (Å²) in [5.74, 6) is 1.19. The summed E-state index contributed by atoms with van der Waals surface area (Å²) in [5, 5.41) is 3.50. The van der Waals surface area contributed by atoms with Gasteiger partial charge in [-0.1, -0.05) is 43.3 Å². The second kappa shape index (κ2) is 8.03. The van der Waals surface area contributed by atoms with Gasteiger partial charge in [-0.15, -0.1) is 0 Å². The predicted molar refractivity (Wildman–Crippen MR) is 114 cm³/mol. The summed E-state index contributed by atoms with van der Waals surface area (Å²) in [7, 11) is 0. The maximum Gasteiger partial charge on any atom is 0.410 e. The van der Waals surface area contributed by atoms with Crippen LogP contribution in [0.25, 0.3) is 0 Å². The van der Waals surface area contributed by atoms with E-state index in [2.05, 4.69) is 24.4 Å². The normalized spacial score (nSPS) is 30.5. The molecule has 1 saturated heterocycles. The van der Waals surface area contributed by atoms with Gasteiger partial charge in [-0.05, 0) is 66.5 Å². The number of amides is 1. The minimum atomic E-state index is -0.271. The van der Waals surface area contributed by atoms with E-state index in [0.29, 0.717) is 24.3 Å². The van der Waals surface area contributed by atoms with Crippen LogP contribution >= 0.6 is 0 Å². The number of rotatable bonds is 2. The lowest BCUT2D eigenvalue weighted by Crippen LogP contribution is -2.52. The first-order valence-corrected chi connectivity index (χ1v) is 11.1. The number of carbonyl (C=O) groups excluding carboxylic acids is 1. The highest BCUT2D eigenvalue weighted by Gasteiger charge is 2.42. The quantitative estimate of drug-likeness (QED) is 0.793. The van der Waals surface area contributed by atoms with E-state index in [4.69, 9.17) is 4.74 Å². The average molecular weight is 409 g/mol. The van der Waals surface area contributed by atoms with Gasteiger partial charge in [-0.3, -0.25) is 4.90 Å². The average Bonchev–Trinajstić information content (AvgIpc) is 2.76. The Morgan fingerprint density at radius 2 is 1.90 bits per heavy atom. The van der Waals surface area contributed by atoms with Gasteiger partial charge in [-0.25, -0.2) is 9.18 Å². The van der Waals surface area contributed by atoms with Crippen LogP contribution in [0.5, 0.6) is 0 Å². The number of hydrogen-bond donors (Lipinski definition) is 1. The lowest BCUT2D eigenvalue weighted by atomic mass is 9.71. The molecule has 2 heterocycles. The molecule has 2 aromatic carbocycles. The summed E-state index contributed by atoms with van der Waals surface area (Å²) in [6, 6.07) is 14.5. The smallest absolute Gasteiger partial charge is 0.410 e. The Morgan fingerprint density at radius 1 is 1.10 bits per heavy atom. The van der Waals surface area contributed by atoms with Crippen LogP contribution in [-0.2, 0) is 11.2 Å². The summed E-state index contributed by atoms with van der Waals surface area (Å²) >= 11 is 0. The first-order chi connectivity index (χ1) is 14.6. The van der Waals surface area contributed by atoms with Crippen molar-refractivity contribution in [1.82, 2.24) is 10.2 Å². The van der Waals surface area contributed by atoms with Crippen molar-refractivity contribution in [3.63, 3.8) is 0 Å². The van der Waals surface area contributed by atoms with Gasteiger partial charge in [0.25, 0.3) is 0 Å². The molecule has 5 rings (SSSR count). The maximum absolute atomic E-state index is 13.6. The molecule has 2 fully saturated rings. The Balaban J connectivity index is 1.43. The number of ether oxygens (including phenoxy) is 1. The highest BCUT2D eigenvalue weighted by atomic mass is 19.1. The standard InChI is InChI=1S/C25H29FN2O2/c1-16-12-17-13-20(15-27-14-17)24(16)30-25(29)28-11-10-18-4-2-3-5-22(18)23(28)19-6-8-21(26)9-7-19/h2-9,16-17,20,23-24,27H,10-15H2,1H3/t16?,17?,20?,23-,24?/m0/s1. The van der Waals surface area contributed by atoms with Gasteiger partial charge in [0.15, 0.2) is 0 Å². The number of benzene rings is 2. The molecule has 0 radical (unpaired) electrons. The Hall–Kier alpha value is -2.40. The largest absolute Gasteiger partial charge is 0.445 e. The number of nitrogens with one attached hydrogen (secondary N) is 1. The van der Waals surface area contributed by atoms with Gasteiger partial charge in [0.2, 0.25) is 0 Å². The Labute approximate surface area is 177 Å². The van der Waals surface area contributed by atoms with Crippen molar-refractivity contribution >= 4 is 6.09 Å². The van der Waals surface area contributed by atoms with E-state index in [0.717, 1.165) is 43.5 Å². The number of hydrogen-bond acceptors (Lipinski definition) is 3. The third kappa shape index (κ3) is 3.60. The van der Waals surface area contributed by atoms with E-state index in [9.17, 15) is 9.18 Å². The van der Waals surface area contributed by atoms with Crippen molar-refractivity contribution in [3.8, 4) is 0 Å². The molecule has 0 aromatic heterocycles. The van der Waals surface area contributed by atoms with E-state index >= 15 is 0 Å². The summed E-state index contributed by atoms with van der Waals surface area (Å²) in [5.41, 5.74) is 3.25. The molecule has 4 nitrogen and oxygen atoms in total. The van der Waals surface area contributed by atoms with Crippen LogP contribution in [0.3, 0.4) is 0 Å². The first-order valence-electron chi connectivity index (χ1n) is 11.1. The van der Waals surface area contributed by atoms with E-state index < -0.39 is 0 Å². The minimum absolute atomic E-state index is 0.0485. The summed E-state index contributed by atoms with van der Waals surface area (Å²) in [6.07, 6.45) is 2.74. The molecule has 30 heavy (non-hydrogen) atoms. The Kier molecular flexibility index (Phi) is 5.23. The van der Waals surface area contributed by atoms with Crippen molar-refractivity contribution < 1.29 is 13.9 Å². The summed E-state index contributed by atoms with van der Waals surface area (Å²) in [4.78, 5) is 15.3. The highest BCUT2D eigenvalue weighted by molar-refractivity contribution is 5.70. The van der Waals surface area contributed by atoms with Crippen LogP contribution in [0.2, 0.25) is 0 Å². The van der Waals surface area contributed by atoms with Crippen LogP contribution in [0.15, 0.2) is 48.5 Å². The van der Waals surface area contributed by atoms with Crippen LogP contribution < -0.4 is 5.32 Å². The van der Waals surface area contributed by atoms with E-state index in [-0.39, 0.29) is 24.1 Å². The maximum atomic E-state index is 13.6. The zero-order valence-corrected chi connectivity index (χ0v) is 17.4. The fourth-order valence-corrected chi connectivity index (χ4v) is 5.79. The molecule has 1 N–H and O–H groups in total. The minimum Gasteiger partial charge on any atom is -0.445 e. The van der Waals surface area contributed by atoms with Crippen LogP contribution in [-0.4, -0.2) is 36.7 Å². The van der Waals surface area contributed by atoms with E-state index in [1.807, 2.05) is 17.0 Å². The SMILES string of the molecule is CC1CC2CNCC(C2)C1OC(=O)N1CCc2ccccc2[C@@H]1c1ccc(F)cc1. The molecular weight excluding hydrogens is 379 g/mol. The molecule has 5 heteroatoms. The lowest BCUT2D eigenvalue weighted by Gasteiger charge is -2.45. The first kappa shape index (κ1) is 19.6. The summed E-state index contributed by atoms with van der Waals surface area (Å²) in [6.45, 7) is 4.82. The number of halogens is 1. The Bertz CT molecular complexity index is 914. The second-order valence-corrected chi connectivity index (χ2v) is 9.18. The third-order valence-corrected chi connectivity index (χ3v) is 7.15. The molecule has 4 unspecified atom stereocenters. The van der Waals surface area contributed by atoms with Gasteiger partial charge < -0.3 is 10.1 Å². The molecule has 1 amide bonds. The molecular formula is C25H29FN2O2. The van der Waals surface area contributed by atoms with E-state index in [1.165, 1.54) is 17.7 Å². The second-order valence-electron chi connectivity index (χ2n) is 9.18. The molecule has 158 valence electrons. The number of fused-ring (bicyclic) bond motifs is 3. The molecule has 3 aliphatic rings. The van der Waals surface area contributed by atoms with Crippen LogP contribution in [0.4, 0.5) is 9.18 Å². The molecule has 5 atom stereocenters. The number of nitrogens with zero attached hydrogens (tertiary/aromatic N) is 1. The number of piperidine rings is 1. The molecule has 0 spiro atoms. The predicted octanol–water partition coefficient (Wildman–Crippen LogP) is 4.54. The molecule has 1 aliphatic carbocycles. The molecule has 1 saturated carbocycles.